The highest BCUT2D eigenvalue weighted by molar-refractivity contribution is 5.49. The molecule has 0 saturated carbocycles. The fraction of sp³-hybridized carbons (Fsp3) is 0.571. The molecule has 1 aliphatic rings. The van der Waals surface area contributed by atoms with Gasteiger partial charge in [0.1, 0.15) is 11.5 Å². The molecule has 3 heteroatoms. The van der Waals surface area contributed by atoms with Crippen LogP contribution >= 0.6 is 0 Å². The number of ether oxygens (including phenoxy) is 1. The van der Waals surface area contributed by atoms with Gasteiger partial charge in [0.15, 0.2) is 0 Å². The van der Waals surface area contributed by atoms with Crippen LogP contribution in [0.15, 0.2) is 12.1 Å². The Morgan fingerprint density at radius 2 is 2.29 bits per heavy atom. The van der Waals surface area contributed by atoms with Gasteiger partial charge < -0.3 is 15.2 Å². The summed E-state index contributed by atoms with van der Waals surface area (Å²) in [6.45, 7) is 4.08. The van der Waals surface area contributed by atoms with Crippen LogP contribution in [0.2, 0.25) is 0 Å². The van der Waals surface area contributed by atoms with Gasteiger partial charge in [0.25, 0.3) is 0 Å². The smallest absolute Gasteiger partial charge is 0.125 e. The van der Waals surface area contributed by atoms with Crippen molar-refractivity contribution in [2.24, 2.45) is 5.92 Å². The van der Waals surface area contributed by atoms with E-state index < -0.39 is 0 Å². The highest BCUT2D eigenvalue weighted by Crippen LogP contribution is 2.33. The third kappa shape index (κ3) is 2.72. The zero-order chi connectivity index (χ0) is 12.3. The van der Waals surface area contributed by atoms with Crippen LogP contribution in [0.1, 0.15) is 24.0 Å². The first kappa shape index (κ1) is 12.2. The van der Waals surface area contributed by atoms with Gasteiger partial charge in [0, 0.05) is 5.56 Å². The van der Waals surface area contributed by atoms with Gasteiger partial charge in [0.2, 0.25) is 0 Å². The number of aromatic hydroxyl groups is 1. The second-order valence-corrected chi connectivity index (χ2v) is 4.83. The molecule has 94 valence electrons. The van der Waals surface area contributed by atoms with Crippen molar-refractivity contribution < 1.29 is 9.84 Å². The minimum Gasteiger partial charge on any atom is -0.507 e. The predicted molar refractivity (Wildman–Crippen MR) is 68.7 cm³/mol. The Labute approximate surface area is 103 Å². The molecular weight excluding hydrogens is 214 g/mol. The number of rotatable bonds is 3. The van der Waals surface area contributed by atoms with Gasteiger partial charge in [0.05, 0.1) is 7.11 Å². The molecule has 1 atom stereocenters. The molecule has 1 aliphatic heterocycles. The van der Waals surface area contributed by atoms with E-state index in [2.05, 4.69) is 5.32 Å². The standard InChI is InChI=1S/C14H21NO2/c1-10-5-6-13(17-2)12(14(10)16)8-11-4-3-7-15-9-11/h5-6,11,15-16H,3-4,7-9H2,1-2H3. The third-order valence-corrected chi connectivity index (χ3v) is 3.55. The summed E-state index contributed by atoms with van der Waals surface area (Å²) in [5, 5.41) is 13.5. The van der Waals surface area contributed by atoms with Crippen LogP contribution < -0.4 is 10.1 Å². The Balaban J connectivity index is 2.20. The Morgan fingerprint density at radius 3 is 2.94 bits per heavy atom. The summed E-state index contributed by atoms with van der Waals surface area (Å²) in [4.78, 5) is 0. The van der Waals surface area contributed by atoms with E-state index in [-0.39, 0.29) is 0 Å². The zero-order valence-corrected chi connectivity index (χ0v) is 10.6. The molecule has 1 unspecified atom stereocenters. The summed E-state index contributed by atoms with van der Waals surface area (Å²) in [6, 6.07) is 3.84. The van der Waals surface area contributed by atoms with Crippen molar-refractivity contribution in [2.45, 2.75) is 26.2 Å². The Morgan fingerprint density at radius 1 is 1.47 bits per heavy atom. The minimum absolute atomic E-state index is 0.398. The lowest BCUT2D eigenvalue weighted by molar-refractivity contribution is 0.354. The fourth-order valence-corrected chi connectivity index (χ4v) is 2.51. The number of benzene rings is 1. The molecule has 1 aromatic carbocycles. The molecule has 3 nitrogen and oxygen atoms in total. The van der Waals surface area contributed by atoms with Crippen LogP contribution in [0.3, 0.4) is 0 Å². The number of aryl methyl sites for hydroxylation is 1. The van der Waals surface area contributed by atoms with E-state index in [0.717, 1.165) is 36.4 Å². The average Bonchev–Trinajstić information content (AvgIpc) is 2.37. The molecular formula is C14H21NO2. The van der Waals surface area contributed by atoms with Crippen molar-refractivity contribution in [1.29, 1.82) is 0 Å². The van der Waals surface area contributed by atoms with Crippen molar-refractivity contribution >= 4 is 0 Å². The SMILES string of the molecule is COc1ccc(C)c(O)c1CC1CCCNC1. The number of phenolic OH excluding ortho intramolecular Hbond substituents is 1. The van der Waals surface area contributed by atoms with Crippen molar-refractivity contribution in [3.05, 3.63) is 23.3 Å². The molecule has 0 spiro atoms. The first-order valence-corrected chi connectivity index (χ1v) is 6.28. The molecule has 2 N–H and O–H groups in total. The van der Waals surface area contributed by atoms with Crippen molar-refractivity contribution in [2.75, 3.05) is 20.2 Å². The van der Waals surface area contributed by atoms with Crippen LogP contribution in [0.5, 0.6) is 11.5 Å². The third-order valence-electron chi connectivity index (χ3n) is 3.55. The normalized spacial score (nSPS) is 20.2. The highest BCUT2D eigenvalue weighted by Gasteiger charge is 2.19. The minimum atomic E-state index is 0.398. The summed E-state index contributed by atoms with van der Waals surface area (Å²) in [5.74, 6) is 1.80. The quantitative estimate of drug-likeness (QED) is 0.844. The molecule has 0 aromatic heterocycles. The largest absolute Gasteiger partial charge is 0.507 e. The van der Waals surface area contributed by atoms with Gasteiger partial charge in [-0.05, 0) is 56.8 Å². The second-order valence-electron chi connectivity index (χ2n) is 4.83. The molecule has 0 amide bonds. The highest BCUT2D eigenvalue weighted by atomic mass is 16.5. The maximum absolute atomic E-state index is 10.1. The first-order valence-electron chi connectivity index (χ1n) is 6.28. The fourth-order valence-electron chi connectivity index (χ4n) is 2.51. The van der Waals surface area contributed by atoms with Gasteiger partial charge in [-0.2, -0.15) is 0 Å². The number of nitrogens with one attached hydrogen (secondary N) is 1. The van der Waals surface area contributed by atoms with Crippen LogP contribution in [-0.4, -0.2) is 25.3 Å². The van der Waals surface area contributed by atoms with Crippen molar-refractivity contribution in [1.82, 2.24) is 5.32 Å². The van der Waals surface area contributed by atoms with E-state index in [1.807, 2.05) is 19.1 Å². The van der Waals surface area contributed by atoms with Crippen LogP contribution in [0.25, 0.3) is 0 Å². The lowest BCUT2D eigenvalue weighted by Crippen LogP contribution is -2.30. The molecule has 0 bridgehead atoms. The van der Waals surface area contributed by atoms with Crippen LogP contribution in [0, 0.1) is 12.8 Å². The van der Waals surface area contributed by atoms with Crippen LogP contribution in [-0.2, 0) is 6.42 Å². The van der Waals surface area contributed by atoms with Gasteiger partial charge in [-0.25, -0.2) is 0 Å². The number of piperidine rings is 1. The molecule has 2 rings (SSSR count). The molecule has 1 aromatic rings. The topological polar surface area (TPSA) is 41.5 Å². The summed E-state index contributed by atoms with van der Waals surface area (Å²) >= 11 is 0. The van der Waals surface area contributed by atoms with Crippen molar-refractivity contribution in [3.8, 4) is 11.5 Å². The summed E-state index contributed by atoms with van der Waals surface area (Å²) in [5.41, 5.74) is 1.88. The summed E-state index contributed by atoms with van der Waals surface area (Å²) in [7, 11) is 1.66. The first-order chi connectivity index (χ1) is 8.22. The van der Waals surface area contributed by atoms with Crippen LogP contribution in [0.4, 0.5) is 0 Å². The molecule has 0 aliphatic carbocycles. The maximum atomic E-state index is 10.1. The Bertz CT molecular complexity index is 384. The number of hydrogen-bond acceptors (Lipinski definition) is 3. The predicted octanol–water partition coefficient (Wildman–Crippen LogP) is 2.25. The lowest BCUT2D eigenvalue weighted by atomic mass is 9.91. The van der Waals surface area contributed by atoms with E-state index in [9.17, 15) is 5.11 Å². The number of phenols is 1. The Kier molecular flexibility index (Phi) is 3.89. The molecule has 17 heavy (non-hydrogen) atoms. The van der Waals surface area contributed by atoms with E-state index >= 15 is 0 Å². The van der Waals surface area contributed by atoms with Gasteiger partial charge in [-0.15, -0.1) is 0 Å². The van der Waals surface area contributed by atoms with Gasteiger partial charge in [-0.1, -0.05) is 6.07 Å². The van der Waals surface area contributed by atoms with E-state index in [1.165, 1.54) is 12.8 Å². The van der Waals surface area contributed by atoms with E-state index in [1.54, 1.807) is 7.11 Å². The average molecular weight is 235 g/mol. The lowest BCUT2D eigenvalue weighted by Gasteiger charge is -2.24. The maximum Gasteiger partial charge on any atom is 0.125 e. The monoisotopic (exact) mass is 235 g/mol. The molecule has 1 heterocycles. The Hall–Kier alpha value is -1.22. The summed E-state index contributed by atoms with van der Waals surface area (Å²) in [6.07, 6.45) is 3.34. The summed E-state index contributed by atoms with van der Waals surface area (Å²) < 4.78 is 5.34. The number of hydrogen-bond donors (Lipinski definition) is 2. The van der Waals surface area contributed by atoms with Crippen molar-refractivity contribution in [3.63, 3.8) is 0 Å². The second kappa shape index (κ2) is 5.41. The molecule has 1 saturated heterocycles. The van der Waals surface area contributed by atoms with E-state index in [0.29, 0.717) is 11.7 Å². The molecule has 0 radical (unpaired) electrons. The zero-order valence-electron chi connectivity index (χ0n) is 10.6. The number of methoxy groups -OCH3 is 1. The van der Waals surface area contributed by atoms with Gasteiger partial charge in [-0.3, -0.25) is 0 Å². The van der Waals surface area contributed by atoms with E-state index in [4.69, 9.17) is 4.74 Å². The van der Waals surface area contributed by atoms with Gasteiger partial charge >= 0.3 is 0 Å². The molecule has 1 fully saturated rings.